The molecule has 2 aliphatic heterocycles. The molecule has 0 unspecified atom stereocenters. The number of carbonyl (C=O) groups is 2. The molecule has 13 heteroatoms. The van der Waals surface area contributed by atoms with Crippen LogP contribution in [0.4, 0.5) is 10.2 Å². The number of para-hydroxylation sites is 1. The fourth-order valence-electron chi connectivity index (χ4n) is 6.64. The van der Waals surface area contributed by atoms with Gasteiger partial charge in [0.1, 0.15) is 11.4 Å². The maximum atomic E-state index is 16.6. The van der Waals surface area contributed by atoms with Gasteiger partial charge < -0.3 is 29.2 Å². The average Bonchev–Trinajstić information content (AvgIpc) is 3.85. The van der Waals surface area contributed by atoms with Crippen LogP contribution in [0.3, 0.4) is 0 Å². The van der Waals surface area contributed by atoms with Gasteiger partial charge in [-0.1, -0.05) is 29.5 Å². The monoisotopic (exact) mass is 664 g/mol. The zero-order valence-corrected chi connectivity index (χ0v) is 27.4. The second-order valence-electron chi connectivity index (χ2n) is 12.0. The molecule has 2 amide bonds. The summed E-state index contributed by atoms with van der Waals surface area (Å²) in [5.41, 5.74) is 3.11. The van der Waals surface area contributed by atoms with Gasteiger partial charge in [0.25, 0.3) is 5.91 Å². The molecule has 0 aliphatic carbocycles. The van der Waals surface area contributed by atoms with E-state index >= 15 is 4.39 Å². The summed E-state index contributed by atoms with van der Waals surface area (Å²) in [6, 6.07) is 14.8. The summed E-state index contributed by atoms with van der Waals surface area (Å²) in [4.78, 5) is 40.3. The Morgan fingerprint density at radius 3 is 2.47 bits per heavy atom. The van der Waals surface area contributed by atoms with Crippen LogP contribution in [0, 0.1) is 5.82 Å². The molecule has 2 aromatic carbocycles. The molecule has 0 bridgehead atoms. The van der Waals surface area contributed by atoms with Crippen molar-refractivity contribution < 1.29 is 23.5 Å². The van der Waals surface area contributed by atoms with E-state index in [1.54, 1.807) is 53.4 Å². The third kappa shape index (κ3) is 6.31. The number of ether oxygens (including phenoxy) is 2. The first-order chi connectivity index (χ1) is 23.9. The normalized spacial score (nSPS) is 15.0. The van der Waals surface area contributed by atoms with E-state index in [4.69, 9.17) is 9.47 Å². The second kappa shape index (κ2) is 13.8. The van der Waals surface area contributed by atoms with Crippen molar-refractivity contribution in [3.8, 4) is 22.6 Å². The van der Waals surface area contributed by atoms with Gasteiger partial charge in [0.2, 0.25) is 5.91 Å². The molecule has 252 valence electrons. The summed E-state index contributed by atoms with van der Waals surface area (Å²) < 4.78 is 29.5. The Morgan fingerprint density at radius 1 is 0.898 bits per heavy atom. The van der Waals surface area contributed by atoms with Crippen LogP contribution in [0.15, 0.2) is 73.2 Å². The highest BCUT2D eigenvalue weighted by Gasteiger charge is 2.28. The number of nitrogens with zero attached hydrogens (tertiary/aromatic N) is 7. The summed E-state index contributed by atoms with van der Waals surface area (Å²) >= 11 is 0. The average molecular weight is 665 g/mol. The minimum atomic E-state index is -0.470. The second-order valence-corrected chi connectivity index (χ2v) is 12.0. The fraction of sp³-hybridized carbons (Fsp3) is 0.306. The number of aromatic nitrogens is 5. The van der Waals surface area contributed by atoms with E-state index < -0.39 is 5.82 Å². The fourth-order valence-corrected chi connectivity index (χ4v) is 6.64. The Labute approximate surface area is 282 Å². The van der Waals surface area contributed by atoms with Gasteiger partial charge >= 0.3 is 0 Å². The number of hydrogen-bond donors (Lipinski definition) is 1. The molecular formula is C36H37FN8O4. The van der Waals surface area contributed by atoms with Crippen LogP contribution in [0.5, 0.6) is 11.5 Å². The van der Waals surface area contributed by atoms with Crippen LogP contribution in [0.25, 0.3) is 27.6 Å². The van der Waals surface area contributed by atoms with Crippen molar-refractivity contribution in [1.29, 1.82) is 0 Å². The van der Waals surface area contributed by atoms with E-state index in [-0.39, 0.29) is 30.3 Å². The van der Waals surface area contributed by atoms with Crippen molar-refractivity contribution in [2.75, 3.05) is 58.4 Å². The zero-order chi connectivity index (χ0) is 33.9. The summed E-state index contributed by atoms with van der Waals surface area (Å²) in [5, 5.41) is 8.31. The first kappa shape index (κ1) is 31.9. The molecule has 5 heterocycles. The van der Waals surface area contributed by atoms with Crippen LogP contribution in [0.2, 0.25) is 0 Å². The van der Waals surface area contributed by atoms with Gasteiger partial charge in [-0.25, -0.2) is 9.37 Å². The number of fused-ring (bicyclic) bond motifs is 1. The van der Waals surface area contributed by atoms with E-state index in [0.717, 1.165) is 16.9 Å². The van der Waals surface area contributed by atoms with Crippen molar-refractivity contribution in [1.82, 2.24) is 34.8 Å². The summed E-state index contributed by atoms with van der Waals surface area (Å²) in [6.07, 6.45) is 7.86. The molecule has 1 saturated heterocycles. The van der Waals surface area contributed by atoms with Crippen molar-refractivity contribution in [2.24, 2.45) is 0 Å². The number of anilines is 1. The van der Waals surface area contributed by atoms with Gasteiger partial charge in [-0.05, 0) is 47.9 Å². The SMILES string of the molecule is COc1ccccc1-c1cc(C2=CCCN(C(=O)CCn3ccnn3)C2)c(F)c2[nH]c(C(=O)N3CCN(c4ncccc4OC)CC3)cc12. The molecule has 0 atom stereocenters. The van der Waals surface area contributed by atoms with Crippen molar-refractivity contribution in [2.45, 2.75) is 19.4 Å². The van der Waals surface area contributed by atoms with Crippen LogP contribution >= 0.6 is 0 Å². The third-order valence-corrected chi connectivity index (χ3v) is 9.19. The van der Waals surface area contributed by atoms with Gasteiger partial charge in [-0.2, -0.15) is 0 Å². The number of aryl methyl sites for hydroxylation is 1. The first-order valence-electron chi connectivity index (χ1n) is 16.3. The Bertz CT molecular complexity index is 2020. The maximum Gasteiger partial charge on any atom is 0.270 e. The molecule has 2 aliphatic rings. The molecule has 5 aromatic rings. The van der Waals surface area contributed by atoms with E-state index in [2.05, 4.69) is 25.2 Å². The number of hydrogen-bond acceptors (Lipinski definition) is 8. The Morgan fingerprint density at radius 2 is 1.69 bits per heavy atom. The summed E-state index contributed by atoms with van der Waals surface area (Å²) in [7, 11) is 3.21. The molecular weight excluding hydrogens is 627 g/mol. The molecule has 49 heavy (non-hydrogen) atoms. The Balaban J connectivity index is 1.19. The number of aromatic amines is 1. The summed E-state index contributed by atoms with van der Waals surface area (Å²) in [5.74, 6) is 1.33. The molecule has 7 rings (SSSR count). The van der Waals surface area contributed by atoms with Gasteiger partial charge in [-0.15, -0.1) is 5.10 Å². The Kier molecular flexibility index (Phi) is 8.97. The van der Waals surface area contributed by atoms with Crippen molar-refractivity contribution >= 4 is 34.1 Å². The maximum absolute atomic E-state index is 16.6. The number of piperazine rings is 1. The molecule has 0 radical (unpaired) electrons. The van der Waals surface area contributed by atoms with E-state index in [1.165, 1.54) is 0 Å². The van der Waals surface area contributed by atoms with Gasteiger partial charge in [-0.3, -0.25) is 14.3 Å². The minimum Gasteiger partial charge on any atom is -0.496 e. The van der Waals surface area contributed by atoms with E-state index in [1.807, 2.05) is 48.5 Å². The third-order valence-electron chi connectivity index (χ3n) is 9.19. The number of carbonyl (C=O) groups excluding carboxylic acids is 2. The van der Waals surface area contributed by atoms with Gasteiger partial charge in [0.05, 0.1) is 32.5 Å². The number of nitrogens with one attached hydrogen (secondary N) is 1. The van der Waals surface area contributed by atoms with Crippen LogP contribution < -0.4 is 14.4 Å². The highest BCUT2D eigenvalue weighted by Crippen LogP contribution is 2.40. The molecule has 0 saturated carbocycles. The number of H-pyrrole nitrogens is 1. The lowest BCUT2D eigenvalue weighted by Gasteiger charge is -2.35. The topological polar surface area (TPSA) is 122 Å². The highest BCUT2D eigenvalue weighted by molar-refractivity contribution is 6.05. The van der Waals surface area contributed by atoms with Gasteiger partial charge in [0, 0.05) is 74.6 Å². The predicted molar refractivity (Wildman–Crippen MR) is 183 cm³/mol. The zero-order valence-electron chi connectivity index (χ0n) is 27.4. The number of methoxy groups -OCH3 is 2. The quantitative estimate of drug-likeness (QED) is 0.242. The van der Waals surface area contributed by atoms with Crippen LogP contribution in [0.1, 0.15) is 28.9 Å². The van der Waals surface area contributed by atoms with Crippen LogP contribution in [-0.2, 0) is 11.3 Å². The van der Waals surface area contributed by atoms with Crippen molar-refractivity contribution in [3.05, 3.63) is 90.3 Å². The minimum absolute atomic E-state index is 0.0399. The Hall–Kier alpha value is -5.72. The molecule has 0 spiro atoms. The number of pyridine rings is 1. The smallest absolute Gasteiger partial charge is 0.270 e. The van der Waals surface area contributed by atoms with Gasteiger partial charge in [0.15, 0.2) is 17.4 Å². The lowest BCUT2D eigenvalue weighted by molar-refractivity contribution is -0.131. The molecule has 3 aromatic heterocycles. The molecule has 12 nitrogen and oxygen atoms in total. The standard InChI is InChI=1S/C36H37FN8O4/c1-48-30-9-4-3-8-25(30)27-21-26(24-7-6-14-44(23-24)32(46)11-15-45-16-13-39-41-45)33(37)34-28(27)22-29(40-34)36(47)43-19-17-42(18-20-43)35-31(49-2)10-5-12-38-35/h3-5,7-10,12-13,16,21-22,40H,6,11,14-15,17-20,23H2,1-2H3. The number of amides is 2. The number of rotatable bonds is 9. The van der Waals surface area contributed by atoms with E-state index in [0.29, 0.717) is 79.4 Å². The van der Waals surface area contributed by atoms with Crippen LogP contribution in [-0.4, -0.2) is 100 Å². The summed E-state index contributed by atoms with van der Waals surface area (Å²) in [6.45, 7) is 3.31. The highest BCUT2D eigenvalue weighted by atomic mass is 19.1. The number of halogens is 1. The van der Waals surface area contributed by atoms with E-state index in [9.17, 15) is 9.59 Å². The lowest BCUT2D eigenvalue weighted by Crippen LogP contribution is -2.49. The first-order valence-corrected chi connectivity index (χ1v) is 16.3. The molecule has 1 N–H and O–H groups in total. The molecule has 1 fully saturated rings. The number of benzene rings is 2. The van der Waals surface area contributed by atoms with Crippen molar-refractivity contribution in [3.63, 3.8) is 0 Å². The predicted octanol–water partition coefficient (Wildman–Crippen LogP) is 4.65. The lowest BCUT2D eigenvalue weighted by atomic mass is 9.93. The largest absolute Gasteiger partial charge is 0.496 e.